The van der Waals surface area contributed by atoms with E-state index in [9.17, 15) is 0 Å². The molecule has 1 N–H and O–H groups in total. The van der Waals surface area contributed by atoms with Gasteiger partial charge in [-0.3, -0.25) is 5.26 Å². The Morgan fingerprint density at radius 3 is 2.67 bits per heavy atom. The summed E-state index contributed by atoms with van der Waals surface area (Å²) in [7, 11) is 0. The highest BCUT2D eigenvalue weighted by Crippen LogP contribution is 1.71. The first-order valence-corrected chi connectivity index (χ1v) is 1.55. The third-order valence-electron chi connectivity index (χ3n) is 0.305. The molecule has 0 unspecified atom stereocenters. The molecule has 0 radical (unpaired) electrons. The summed E-state index contributed by atoms with van der Waals surface area (Å²) >= 11 is 0. The zero-order chi connectivity index (χ0) is 4.83. The molecule has 0 aliphatic rings. The molecule has 0 bridgehead atoms. The van der Waals surface area contributed by atoms with Crippen molar-refractivity contribution < 1.29 is 10.1 Å². The summed E-state index contributed by atoms with van der Waals surface area (Å²) in [5.41, 5.74) is 0. The molecule has 34 valence electrons. The van der Waals surface area contributed by atoms with Crippen LogP contribution < -0.4 is 0 Å². The number of hydrogen-bond acceptors (Lipinski definition) is 3. The lowest BCUT2D eigenvalue weighted by Gasteiger charge is -1.80. The van der Waals surface area contributed by atoms with Gasteiger partial charge < -0.3 is 0 Å². The predicted octanol–water partition coefficient (Wildman–Crippen LogP) is 0.390. The maximum absolute atomic E-state index is 7.76. The van der Waals surface area contributed by atoms with Gasteiger partial charge in [0.15, 0.2) is 0 Å². The van der Waals surface area contributed by atoms with Gasteiger partial charge in [0.05, 0.1) is 19.1 Å². The van der Waals surface area contributed by atoms with Gasteiger partial charge in [-0.2, -0.15) is 5.26 Å². The normalized spacial score (nSPS) is 7.33. The molecule has 0 spiro atoms. The van der Waals surface area contributed by atoms with Gasteiger partial charge in [-0.1, -0.05) is 0 Å². The average molecular weight is 87.1 g/mol. The van der Waals surface area contributed by atoms with Crippen LogP contribution in [0.2, 0.25) is 0 Å². The first-order valence-electron chi connectivity index (χ1n) is 1.55. The SMILES string of the molecule is N#CCCOO. The third-order valence-corrected chi connectivity index (χ3v) is 0.305. The Kier molecular flexibility index (Phi) is 3.98. The van der Waals surface area contributed by atoms with Crippen LogP contribution in [0.25, 0.3) is 0 Å². The van der Waals surface area contributed by atoms with Crippen LogP contribution >= 0.6 is 0 Å². The van der Waals surface area contributed by atoms with E-state index in [1.807, 2.05) is 0 Å². The topological polar surface area (TPSA) is 53.2 Å². The fourth-order valence-corrected chi connectivity index (χ4v) is 0.0913. The lowest BCUT2D eigenvalue weighted by Crippen LogP contribution is -1.83. The van der Waals surface area contributed by atoms with Crippen LogP contribution in [0.15, 0.2) is 0 Å². The molecule has 3 nitrogen and oxygen atoms in total. The molecule has 6 heavy (non-hydrogen) atoms. The lowest BCUT2D eigenvalue weighted by molar-refractivity contribution is -0.240. The van der Waals surface area contributed by atoms with E-state index in [4.69, 9.17) is 10.5 Å². The van der Waals surface area contributed by atoms with Gasteiger partial charge in [0.1, 0.15) is 0 Å². The summed E-state index contributed by atoms with van der Waals surface area (Å²) in [6.07, 6.45) is 0.247. The van der Waals surface area contributed by atoms with Crippen molar-refractivity contribution in [2.75, 3.05) is 6.61 Å². The van der Waals surface area contributed by atoms with Crippen molar-refractivity contribution in [1.29, 1.82) is 5.26 Å². The minimum absolute atomic E-state index is 0.108. The van der Waals surface area contributed by atoms with Crippen LogP contribution in [0, 0.1) is 11.3 Å². The van der Waals surface area contributed by atoms with Crippen molar-refractivity contribution in [3.63, 3.8) is 0 Å². The maximum Gasteiger partial charge on any atom is 0.0949 e. The molecule has 0 saturated heterocycles. The number of nitrogens with zero attached hydrogens (tertiary/aromatic N) is 1. The molecular weight excluding hydrogens is 82.0 g/mol. The van der Waals surface area contributed by atoms with E-state index in [0.29, 0.717) is 0 Å². The summed E-state index contributed by atoms with van der Waals surface area (Å²) in [5, 5.41) is 15.3. The highest BCUT2D eigenvalue weighted by molar-refractivity contribution is 4.66. The van der Waals surface area contributed by atoms with Crippen LogP contribution in [-0.4, -0.2) is 11.9 Å². The predicted molar refractivity (Wildman–Crippen MR) is 18.8 cm³/mol. The molecule has 0 fully saturated rings. The number of hydrogen-bond donors (Lipinski definition) is 1. The van der Waals surface area contributed by atoms with Gasteiger partial charge in [-0.15, -0.1) is 0 Å². The van der Waals surface area contributed by atoms with E-state index < -0.39 is 0 Å². The molecule has 0 heterocycles. The van der Waals surface area contributed by atoms with E-state index in [1.54, 1.807) is 6.07 Å². The fraction of sp³-hybridized carbons (Fsp3) is 0.667. The number of nitriles is 1. The quantitative estimate of drug-likeness (QED) is 0.301. The minimum Gasteiger partial charge on any atom is -0.252 e. The van der Waals surface area contributed by atoms with E-state index in [2.05, 4.69) is 4.89 Å². The van der Waals surface area contributed by atoms with E-state index in [1.165, 1.54) is 0 Å². The molecule has 0 saturated carbocycles. The second-order valence-electron chi connectivity index (χ2n) is 0.741. The smallest absolute Gasteiger partial charge is 0.0949 e. The summed E-state index contributed by atoms with van der Waals surface area (Å²) in [5.74, 6) is 0. The molecule has 0 aliphatic heterocycles. The van der Waals surface area contributed by atoms with Gasteiger partial charge in [0.2, 0.25) is 0 Å². The Bertz CT molecular complexity index is 56.3. The van der Waals surface area contributed by atoms with Gasteiger partial charge in [-0.05, 0) is 0 Å². The molecule has 0 aliphatic carbocycles. The Labute approximate surface area is 35.7 Å². The van der Waals surface area contributed by atoms with E-state index >= 15 is 0 Å². The molecular formula is C3H5NO2. The van der Waals surface area contributed by atoms with E-state index in [0.717, 1.165) is 0 Å². The van der Waals surface area contributed by atoms with Crippen LogP contribution in [-0.2, 0) is 4.89 Å². The third kappa shape index (κ3) is 3.41. The lowest BCUT2D eigenvalue weighted by atomic mass is 10.5. The summed E-state index contributed by atoms with van der Waals surface area (Å²) in [6, 6.07) is 1.78. The molecule has 0 amide bonds. The molecule has 0 atom stereocenters. The van der Waals surface area contributed by atoms with Crippen LogP contribution in [0.5, 0.6) is 0 Å². The monoisotopic (exact) mass is 87.0 g/mol. The molecule has 0 aromatic heterocycles. The standard InChI is InChI=1S/C3H5NO2/c4-2-1-3-6-5/h5H,1,3H2. The zero-order valence-corrected chi connectivity index (χ0v) is 3.22. The van der Waals surface area contributed by atoms with Crippen molar-refractivity contribution in [3.05, 3.63) is 0 Å². The van der Waals surface area contributed by atoms with Gasteiger partial charge in [-0.25, -0.2) is 4.89 Å². The summed E-state index contributed by atoms with van der Waals surface area (Å²) in [6.45, 7) is 0.108. The van der Waals surface area contributed by atoms with Crippen molar-refractivity contribution in [2.45, 2.75) is 6.42 Å². The van der Waals surface area contributed by atoms with Gasteiger partial charge in [0, 0.05) is 0 Å². The zero-order valence-electron chi connectivity index (χ0n) is 3.22. The minimum atomic E-state index is 0.108. The Morgan fingerprint density at radius 2 is 2.50 bits per heavy atom. The largest absolute Gasteiger partial charge is 0.252 e. The van der Waals surface area contributed by atoms with Crippen molar-refractivity contribution in [3.8, 4) is 6.07 Å². The Hall–Kier alpha value is -0.590. The first-order chi connectivity index (χ1) is 2.91. The molecule has 3 heteroatoms. The summed E-state index contributed by atoms with van der Waals surface area (Å²) < 4.78 is 0. The second-order valence-corrected chi connectivity index (χ2v) is 0.741. The van der Waals surface area contributed by atoms with Crippen molar-refractivity contribution in [1.82, 2.24) is 0 Å². The second kappa shape index (κ2) is 4.41. The van der Waals surface area contributed by atoms with Crippen LogP contribution in [0.4, 0.5) is 0 Å². The molecule has 0 aromatic carbocycles. The highest BCUT2D eigenvalue weighted by atomic mass is 17.1. The Morgan fingerprint density at radius 1 is 1.83 bits per heavy atom. The average Bonchev–Trinajstić information content (AvgIpc) is 1.61. The molecule has 0 rings (SSSR count). The van der Waals surface area contributed by atoms with E-state index in [-0.39, 0.29) is 13.0 Å². The Balaban J connectivity index is 2.54. The summed E-state index contributed by atoms with van der Waals surface area (Å²) in [4.78, 5) is 3.56. The number of rotatable bonds is 2. The molecule has 0 aromatic rings. The highest BCUT2D eigenvalue weighted by Gasteiger charge is 1.75. The first kappa shape index (κ1) is 5.41. The van der Waals surface area contributed by atoms with Crippen LogP contribution in [0.1, 0.15) is 6.42 Å². The van der Waals surface area contributed by atoms with Gasteiger partial charge in [0.25, 0.3) is 0 Å². The van der Waals surface area contributed by atoms with Crippen molar-refractivity contribution >= 4 is 0 Å². The fourth-order valence-electron chi connectivity index (χ4n) is 0.0913. The van der Waals surface area contributed by atoms with Crippen LogP contribution in [0.3, 0.4) is 0 Å². The maximum atomic E-state index is 7.76. The van der Waals surface area contributed by atoms with Gasteiger partial charge >= 0.3 is 0 Å². The van der Waals surface area contributed by atoms with Crippen molar-refractivity contribution in [2.24, 2.45) is 0 Å².